The van der Waals surface area contributed by atoms with Crippen LogP contribution in [0.1, 0.15) is 5.69 Å². The normalized spacial score (nSPS) is 10.5. The van der Waals surface area contributed by atoms with Crippen LogP contribution in [0.5, 0.6) is 0 Å². The van der Waals surface area contributed by atoms with E-state index in [9.17, 15) is 4.79 Å². The van der Waals surface area contributed by atoms with E-state index in [1.165, 1.54) is 0 Å². The Kier molecular flexibility index (Phi) is 3.51. The average Bonchev–Trinajstić information content (AvgIpc) is 2.92. The first-order valence-corrected chi connectivity index (χ1v) is 6.63. The Bertz CT molecular complexity index is 749. The molecule has 0 spiro atoms. The predicted molar refractivity (Wildman–Crippen MR) is 80.3 cm³/mol. The average molecular weight is 278 g/mol. The van der Waals surface area contributed by atoms with Gasteiger partial charge in [0.15, 0.2) is 5.76 Å². The van der Waals surface area contributed by atoms with Crippen LogP contribution >= 0.6 is 0 Å². The van der Waals surface area contributed by atoms with Gasteiger partial charge in [0, 0.05) is 11.1 Å². The second-order valence-corrected chi connectivity index (χ2v) is 4.67. The zero-order valence-corrected chi connectivity index (χ0v) is 11.3. The van der Waals surface area contributed by atoms with E-state index < -0.39 is 5.91 Å². The van der Waals surface area contributed by atoms with Crippen LogP contribution in [0.15, 0.2) is 65.1 Å². The van der Waals surface area contributed by atoms with Crippen LogP contribution in [0.2, 0.25) is 0 Å². The Balaban J connectivity index is 2.10. The molecule has 0 atom stereocenters. The maximum atomic E-state index is 11.2. The molecule has 0 radical (unpaired) electrons. The molecule has 0 saturated carbocycles. The first-order valence-electron chi connectivity index (χ1n) is 6.63. The minimum absolute atomic E-state index is 0.0561. The summed E-state index contributed by atoms with van der Waals surface area (Å²) in [6, 6.07) is 19.1. The number of amides is 1. The van der Waals surface area contributed by atoms with Gasteiger partial charge in [-0.15, -0.1) is 0 Å². The maximum absolute atomic E-state index is 11.2. The van der Waals surface area contributed by atoms with Crippen LogP contribution < -0.4 is 5.73 Å². The second-order valence-electron chi connectivity index (χ2n) is 4.67. The summed E-state index contributed by atoms with van der Waals surface area (Å²) in [5, 5.41) is 0. The van der Waals surface area contributed by atoms with E-state index in [1.807, 2.05) is 60.7 Å². The minimum Gasteiger partial charge on any atom is -0.436 e. The van der Waals surface area contributed by atoms with Gasteiger partial charge in [-0.3, -0.25) is 4.79 Å². The predicted octanol–water partition coefficient (Wildman–Crippen LogP) is 3.04. The molecule has 2 aromatic carbocycles. The van der Waals surface area contributed by atoms with Gasteiger partial charge >= 0.3 is 0 Å². The van der Waals surface area contributed by atoms with Crippen LogP contribution in [0, 0.1) is 0 Å². The third-order valence-electron chi connectivity index (χ3n) is 3.10. The standard InChI is InChI=1S/C17H14N2O2/c18-15(20)11-14-16(12-7-3-1-4-8-12)21-17(19-14)13-9-5-2-6-10-13/h1-10H,11H2,(H2,18,20). The molecular formula is C17H14N2O2. The van der Waals surface area contributed by atoms with E-state index in [0.717, 1.165) is 11.1 Å². The molecule has 1 aromatic heterocycles. The molecule has 1 heterocycles. The van der Waals surface area contributed by atoms with Crippen molar-refractivity contribution < 1.29 is 9.21 Å². The molecule has 104 valence electrons. The zero-order valence-electron chi connectivity index (χ0n) is 11.3. The Morgan fingerprint density at radius 1 is 0.952 bits per heavy atom. The van der Waals surface area contributed by atoms with Crippen molar-refractivity contribution in [2.45, 2.75) is 6.42 Å². The summed E-state index contributed by atoms with van der Waals surface area (Å²) in [5.74, 6) is 0.652. The van der Waals surface area contributed by atoms with Gasteiger partial charge in [-0.2, -0.15) is 0 Å². The number of nitrogens with two attached hydrogens (primary N) is 1. The van der Waals surface area contributed by atoms with E-state index in [-0.39, 0.29) is 6.42 Å². The number of carbonyl (C=O) groups is 1. The fraction of sp³-hybridized carbons (Fsp3) is 0.0588. The van der Waals surface area contributed by atoms with Crippen molar-refractivity contribution in [1.29, 1.82) is 0 Å². The number of oxazole rings is 1. The summed E-state index contributed by atoms with van der Waals surface area (Å²) < 4.78 is 5.87. The Hall–Kier alpha value is -2.88. The largest absolute Gasteiger partial charge is 0.436 e. The van der Waals surface area contributed by atoms with E-state index in [1.54, 1.807) is 0 Å². The highest BCUT2D eigenvalue weighted by atomic mass is 16.4. The van der Waals surface area contributed by atoms with Gasteiger partial charge in [0.2, 0.25) is 11.8 Å². The molecule has 0 saturated heterocycles. The van der Waals surface area contributed by atoms with Crippen molar-refractivity contribution in [3.05, 3.63) is 66.4 Å². The summed E-state index contributed by atoms with van der Waals surface area (Å²) in [6.45, 7) is 0. The summed E-state index contributed by atoms with van der Waals surface area (Å²) in [7, 11) is 0. The number of nitrogens with zero attached hydrogens (tertiary/aromatic N) is 1. The molecule has 2 N–H and O–H groups in total. The lowest BCUT2D eigenvalue weighted by molar-refractivity contribution is -0.117. The lowest BCUT2D eigenvalue weighted by Gasteiger charge is -1.98. The number of rotatable bonds is 4. The highest BCUT2D eigenvalue weighted by Gasteiger charge is 2.17. The van der Waals surface area contributed by atoms with Crippen LogP contribution in [0.3, 0.4) is 0 Å². The van der Waals surface area contributed by atoms with Crippen molar-refractivity contribution in [3.63, 3.8) is 0 Å². The minimum atomic E-state index is -0.430. The van der Waals surface area contributed by atoms with Gasteiger partial charge in [-0.05, 0) is 12.1 Å². The molecule has 4 heteroatoms. The first kappa shape index (κ1) is 13.1. The van der Waals surface area contributed by atoms with Gasteiger partial charge in [-0.1, -0.05) is 48.5 Å². The summed E-state index contributed by atoms with van der Waals surface area (Å²) >= 11 is 0. The van der Waals surface area contributed by atoms with E-state index >= 15 is 0 Å². The van der Waals surface area contributed by atoms with Gasteiger partial charge < -0.3 is 10.2 Å². The highest BCUT2D eigenvalue weighted by molar-refractivity contribution is 5.79. The van der Waals surface area contributed by atoms with E-state index in [0.29, 0.717) is 17.3 Å². The summed E-state index contributed by atoms with van der Waals surface area (Å²) in [5.41, 5.74) is 7.61. The lowest BCUT2D eigenvalue weighted by atomic mass is 10.1. The quantitative estimate of drug-likeness (QED) is 0.797. The fourth-order valence-corrected chi connectivity index (χ4v) is 2.16. The van der Waals surface area contributed by atoms with E-state index in [4.69, 9.17) is 10.2 Å². The van der Waals surface area contributed by atoms with Crippen molar-refractivity contribution in [1.82, 2.24) is 4.98 Å². The van der Waals surface area contributed by atoms with Gasteiger partial charge in [0.25, 0.3) is 0 Å². The number of aromatic nitrogens is 1. The molecule has 4 nitrogen and oxygen atoms in total. The molecular weight excluding hydrogens is 264 g/mol. The molecule has 0 aliphatic carbocycles. The Morgan fingerprint density at radius 2 is 1.52 bits per heavy atom. The molecule has 0 fully saturated rings. The second kappa shape index (κ2) is 5.63. The maximum Gasteiger partial charge on any atom is 0.227 e. The molecule has 0 unspecified atom stereocenters. The van der Waals surface area contributed by atoms with Crippen molar-refractivity contribution in [2.24, 2.45) is 5.73 Å². The number of carbonyl (C=O) groups excluding carboxylic acids is 1. The topological polar surface area (TPSA) is 69.1 Å². The first-order chi connectivity index (χ1) is 10.2. The number of benzene rings is 2. The SMILES string of the molecule is NC(=O)Cc1nc(-c2ccccc2)oc1-c1ccccc1. The lowest BCUT2D eigenvalue weighted by Crippen LogP contribution is -2.14. The third-order valence-corrected chi connectivity index (χ3v) is 3.10. The molecule has 0 aliphatic rings. The van der Waals surface area contributed by atoms with Crippen molar-refractivity contribution in [2.75, 3.05) is 0 Å². The van der Waals surface area contributed by atoms with Crippen molar-refractivity contribution >= 4 is 5.91 Å². The van der Waals surface area contributed by atoms with Gasteiger partial charge in [-0.25, -0.2) is 4.98 Å². The molecule has 3 aromatic rings. The molecule has 1 amide bonds. The van der Waals surface area contributed by atoms with Crippen LogP contribution in [0.25, 0.3) is 22.8 Å². The Morgan fingerprint density at radius 3 is 2.10 bits per heavy atom. The van der Waals surface area contributed by atoms with Crippen molar-refractivity contribution in [3.8, 4) is 22.8 Å². The van der Waals surface area contributed by atoms with Gasteiger partial charge in [0.1, 0.15) is 0 Å². The number of hydrogen-bond donors (Lipinski definition) is 1. The van der Waals surface area contributed by atoms with Crippen LogP contribution in [0.4, 0.5) is 0 Å². The molecule has 0 bridgehead atoms. The van der Waals surface area contributed by atoms with Crippen LogP contribution in [-0.2, 0) is 11.2 Å². The third kappa shape index (κ3) is 2.84. The van der Waals surface area contributed by atoms with E-state index in [2.05, 4.69) is 4.98 Å². The summed E-state index contributed by atoms with van der Waals surface area (Å²) in [4.78, 5) is 15.7. The molecule has 0 aliphatic heterocycles. The zero-order chi connectivity index (χ0) is 14.7. The monoisotopic (exact) mass is 278 g/mol. The smallest absolute Gasteiger partial charge is 0.227 e. The number of hydrogen-bond acceptors (Lipinski definition) is 3. The number of primary amides is 1. The molecule has 3 rings (SSSR count). The Labute approximate surface area is 122 Å². The fourth-order valence-electron chi connectivity index (χ4n) is 2.16. The highest BCUT2D eigenvalue weighted by Crippen LogP contribution is 2.29. The molecule has 21 heavy (non-hydrogen) atoms. The van der Waals surface area contributed by atoms with Crippen LogP contribution in [-0.4, -0.2) is 10.9 Å². The summed E-state index contributed by atoms with van der Waals surface area (Å²) in [6.07, 6.45) is 0.0561. The van der Waals surface area contributed by atoms with Gasteiger partial charge in [0.05, 0.1) is 12.1 Å².